The average Bonchev–Trinajstić information content (AvgIpc) is 2.56. The first-order valence-electron chi connectivity index (χ1n) is 8.27. The highest BCUT2D eigenvalue weighted by Crippen LogP contribution is 2.26. The van der Waals surface area contributed by atoms with Crippen molar-refractivity contribution in [3.05, 3.63) is 58.6 Å². The van der Waals surface area contributed by atoms with Gasteiger partial charge in [-0.3, -0.25) is 9.10 Å². The molecule has 0 aliphatic rings. The molecule has 2 aromatic rings. The second-order valence-corrected chi connectivity index (χ2v) is 8.51. The zero-order chi connectivity index (χ0) is 19.5. The summed E-state index contributed by atoms with van der Waals surface area (Å²) in [4.78, 5) is 12.9. The number of hydrogen-bond acceptors (Lipinski definition) is 3. The number of sulfonamides is 1. The molecule has 1 amide bonds. The highest BCUT2D eigenvalue weighted by molar-refractivity contribution is 7.92. The molecule has 2 rings (SSSR count). The van der Waals surface area contributed by atoms with E-state index in [1.807, 2.05) is 32.0 Å². The molecule has 1 unspecified atom stereocenters. The Bertz CT molecular complexity index is 875. The van der Waals surface area contributed by atoms with Crippen LogP contribution in [0.3, 0.4) is 0 Å². The SMILES string of the molecule is CCC(C(=O)Nc1c(C)cccc1C)N(c1ccc(Cl)cc1)S(C)(=O)=O. The lowest BCUT2D eigenvalue weighted by Crippen LogP contribution is -2.47. The standard InChI is InChI=1S/C19H23ClN2O3S/c1-5-17(19(23)21-18-13(2)7-6-8-14(18)3)22(26(4,24)25)16-11-9-15(20)10-12-16/h6-12,17H,5H2,1-4H3,(H,21,23). The molecule has 0 heterocycles. The number of carbonyl (C=O) groups is 1. The molecule has 0 spiro atoms. The maximum absolute atomic E-state index is 12.9. The van der Waals surface area contributed by atoms with Gasteiger partial charge in [0.05, 0.1) is 11.9 Å². The molecule has 140 valence electrons. The number of anilines is 2. The van der Waals surface area contributed by atoms with E-state index >= 15 is 0 Å². The normalized spacial score (nSPS) is 12.5. The van der Waals surface area contributed by atoms with Gasteiger partial charge >= 0.3 is 0 Å². The van der Waals surface area contributed by atoms with E-state index in [4.69, 9.17) is 11.6 Å². The number of aryl methyl sites for hydroxylation is 2. The van der Waals surface area contributed by atoms with Crippen molar-refractivity contribution >= 4 is 38.9 Å². The molecule has 0 fully saturated rings. The maximum Gasteiger partial charge on any atom is 0.248 e. The van der Waals surface area contributed by atoms with E-state index in [1.165, 1.54) is 0 Å². The van der Waals surface area contributed by atoms with Crippen LogP contribution in [0, 0.1) is 13.8 Å². The summed E-state index contributed by atoms with van der Waals surface area (Å²) in [6.45, 7) is 5.58. The van der Waals surface area contributed by atoms with Gasteiger partial charge in [0.2, 0.25) is 15.9 Å². The van der Waals surface area contributed by atoms with Crippen LogP contribution in [-0.4, -0.2) is 26.6 Å². The fourth-order valence-electron chi connectivity index (χ4n) is 2.87. The van der Waals surface area contributed by atoms with E-state index in [9.17, 15) is 13.2 Å². The summed E-state index contributed by atoms with van der Waals surface area (Å²) in [5.74, 6) is -0.370. The Labute approximate surface area is 160 Å². The van der Waals surface area contributed by atoms with Crippen LogP contribution >= 0.6 is 11.6 Å². The minimum atomic E-state index is -3.67. The number of amides is 1. The third-order valence-electron chi connectivity index (χ3n) is 4.14. The molecule has 0 aromatic heterocycles. The van der Waals surface area contributed by atoms with E-state index in [0.29, 0.717) is 22.8 Å². The van der Waals surface area contributed by atoms with Crippen LogP contribution in [0.4, 0.5) is 11.4 Å². The van der Waals surface area contributed by atoms with Gasteiger partial charge in [0.1, 0.15) is 6.04 Å². The largest absolute Gasteiger partial charge is 0.324 e. The van der Waals surface area contributed by atoms with Gasteiger partial charge in [-0.1, -0.05) is 36.7 Å². The molecule has 0 bridgehead atoms. The third kappa shape index (κ3) is 4.56. The van der Waals surface area contributed by atoms with Gasteiger partial charge in [0.15, 0.2) is 0 Å². The summed E-state index contributed by atoms with van der Waals surface area (Å²) in [6.07, 6.45) is 1.42. The molecule has 2 aromatic carbocycles. The molecule has 0 saturated heterocycles. The highest BCUT2D eigenvalue weighted by atomic mass is 35.5. The van der Waals surface area contributed by atoms with Gasteiger partial charge in [0, 0.05) is 10.7 Å². The predicted octanol–water partition coefficient (Wildman–Crippen LogP) is 4.14. The highest BCUT2D eigenvalue weighted by Gasteiger charge is 2.31. The van der Waals surface area contributed by atoms with Gasteiger partial charge in [-0.15, -0.1) is 0 Å². The molecule has 26 heavy (non-hydrogen) atoms. The number of carbonyl (C=O) groups excluding carboxylic acids is 1. The summed E-state index contributed by atoms with van der Waals surface area (Å²) in [5, 5.41) is 3.39. The number of benzene rings is 2. The summed E-state index contributed by atoms with van der Waals surface area (Å²) >= 11 is 5.90. The molecular weight excluding hydrogens is 372 g/mol. The van der Waals surface area contributed by atoms with Crippen LogP contribution < -0.4 is 9.62 Å². The summed E-state index contributed by atoms with van der Waals surface area (Å²) in [5.41, 5.74) is 2.96. The smallest absolute Gasteiger partial charge is 0.248 e. The molecular formula is C19H23ClN2O3S. The molecule has 0 aliphatic heterocycles. The predicted molar refractivity (Wildman–Crippen MR) is 107 cm³/mol. The average molecular weight is 395 g/mol. The lowest BCUT2D eigenvalue weighted by Gasteiger charge is -2.30. The number of para-hydroxylation sites is 1. The number of nitrogens with one attached hydrogen (secondary N) is 1. The van der Waals surface area contributed by atoms with E-state index in [2.05, 4.69) is 5.32 Å². The number of hydrogen-bond donors (Lipinski definition) is 1. The first-order valence-corrected chi connectivity index (χ1v) is 10.5. The van der Waals surface area contributed by atoms with Gasteiger partial charge < -0.3 is 5.32 Å². The minimum absolute atomic E-state index is 0.326. The van der Waals surface area contributed by atoms with Crippen LogP contribution in [0.2, 0.25) is 5.02 Å². The van der Waals surface area contributed by atoms with Crippen LogP contribution in [0.25, 0.3) is 0 Å². The van der Waals surface area contributed by atoms with Crippen LogP contribution in [0.5, 0.6) is 0 Å². The monoisotopic (exact) mass is 394 g/mol. The summed E-state index contributed by atoms with van der Waals surface area (Å²) < 4.78 is 26.0. The maximum atomic E-state index is 12.9. The van der Waals surface area contributed by atoms with Crippen molar-refractivity contribution in [1.29, 1.82) is 0 Å². The van der Waals surface area contributed by atoms with Crippen molar-refractivity contribution < 1.29 is 13.2 Å². The molecule has 0 aliphatic carbocycles. The Balaban J connectivity index is 2.41. The number of halogens is 1. The minimum Gasteiger partial charge on any atom is -0.324 e. The van der Waals surface area contributed by atoms with E-state index in [1.54, 1.807) is 31.2 Å². The number of nitrogens with zero attached hydrogens (tertiary/aromatic N) is 1. The third-order valence-corrected chi connectivity index (χ3v) is 5.57. The van der Waals surface area contributed by atoms with Crippen molar-refractivity contribution in [2.45, 2.75) is 33.2 Å². The Morgan fingerprint density at radius 2 is 1.65 bits per heavy atom. The zero-order valence-corrected chi connectivity index (χ0v) is 16.9. The Morgan fingerprint density at radius 1 is 1.12 bits per heavy atom. The number of rotatable bonds is 6. The van der Waals surface area contributed by atoms with Crippen molar-refractivity contribution in [2.75, 3.05) is 15.9 Å². The van der Waals surface area contributed by atoms with Crippen molar-refractivity contribution in [2.24, 2.45) is 0 Å². The van der Waals surface area contributed by atoms with E-state index < -0.39 is 16.1 Å². The summed E-state index contributed by atoms with van der Waals surface area (Å²) in [7, 11) is -3.67. The fourth-order valence-corrected chi connectivity index (χ4v) is 4.20. The van der Waals surface area contributed by atoms with Gasteiger partial charge in [0.25, 0.3) is 0 Å². The Kier molecular flexibility index (Phi) is 6.31. The van der Waals surface area contributed by atoms with Crippen LogP contribution in [0.15, 0.2) is 42.5 Å². The molecule has 1 atom stereocenters. The quantitative estimate of drug-likeness (QED) is 0.800. The first-order chi connectivity index (χ1) is 12.1. The molecule has 0 saturated carbocycles. The van der Waals surface area contributed by atoms with E-state index in [0.717, 1.165) is 21.7 Å². The van der Waals surface area contributed by atoms with Crippen molar-refractivity contribution in [3.63, 3.8) is 0 Å². The second kappa shape index (κ2) is 8.10. The topological polar surface area (TPSA) is 66.5 Å². The van der Waals surface area contributed by atoms with Crippen molar-refractivity contribution in [3.8, 4) is 0 Å². The summed E-state index contributed by atoms with van der Waals surface area (Å²) in [6, 6.07) is 11.2. The molecule has 1 N–H and O–H groups in total. The lowest BCUT2D eigenvalue weighted by molar-refractivity contribution is -0.117. The lowest BCUT2D eigenvalue weighted by atomic mass is 10.1. The molecule has 5 nitrogen and oxygen atoms in total. The molecule has 7 heteroatoms. The Hall–Kier alpha value is -2.05. The van der Waals surface area contributed by atoms with Crippen LogP contribution in [0.1, 0.15) is 24.5 Å². The van der Waals surface area contributed by atoms with Gasteiger partial charge in [-0.05, 0) is 55.7 Å². The van der Waals surface area contributed by atoms with Crippen LogP contribution in [-0.2, 0) is 14.8 Å². The second-order valence-electron chi connectivity index (χ2n) is 6.22. The Morgan fingerprint density at radius 3 is 2.12 bits per heavy atom. The van der Waals surface area contributed by atoms with Gasteiger partial charge in [-0.2, -0.15) is 0 Å². The van der Waals surface area contributed by atoms with Crippen molar-refractivity contribution in [1.82, 2.24) is 0 Å². The molecule has 0 radical (unpaired) electrons. The van der Waals surface area contributed by atoms with Gasteiger partial charge in [-0.25, -0.2) is 8.42 Å². The fraction of sp³-hybridized carbons (Fsp3) is 0.316. The zero-order valence-electron chi connectivity index (χ0n) is 15.3. The van der Waals surface area contributed by atoms with E-state index in [-0.39, 0.29) is 5.91 Å². The first kappa shape index (κ1) is 20.3.